The zero-order valence-electron chi connectivity index (χ0n) is 26.5. The maximum atomic E-state index is 13.3. The number of nitriles is 1. The third-order valence-electron chi connectivity index (χ3n) is 9.78. The molecule has 2 aromatic carbocycles. The summed E-state index contributed by atoms with van der Waals surface area (Å²) in [6.07, 6.45) is 4.33. The van der Waals surface area contributed by atoms with Gasteiger partial charge < -0.3 is 29.0 Å². The molecule has 232 valence electrons. The minimum atomic E-state index is -0.548. The van der Waals surface area contributed by atoms with Gasteiger partial charge in [-0.2, -0.15) is 5.26 Å². The fourth-order valence-electron chi connectivity index (χ4n) is 7.13. The van der Waals surface area contributed by atoms with E-state index in [9.17, 15) is 14.9 Å². The quantitative estimate of drug-likeness (QED) is 0.231. The van der Waals surface area contributed by atoms with Crippen molar-refractivity contribution in [2.24, 2.45) is 17.3 Å². The number of nitrogens with one attached hydrogen (secondary N) is 1. The Morgan fingerprint density at radius 2 is 1.91 bits per heavy atom. The lowest BCUT2D eigenvalue weighted by molar-refractivity contribution is -0.199. The summed E-state index contributed by atoms with van der Waals surface area (Å²) in [7, 11) is 4.16. The van der Waals surface area contributed by atoms with Gasteiger partial charge in [-0.25, -0.2) is 0 Å². The van der Waals surface area contributed by atoms with Gasteiger partial charge in [0.2, 0.25) is 5.91 Å². The van der Waals surface area contributed by atoms with Gasteiger partial charge >= 0.3 is 7.12 Å². The summed E-state index contributed by atoms with van der Waals surface area (Å²) in [6.45, 7) is 6.95. The van der Waals surface area contributed by atoms with Crippen LogP contribution in [-0.4, -0.2) is 69.3 Å². The second-order valence-electron chi connectivity index (χ2n) is 13.1. The molecule has 1 saturated heterocycles. The van der Waals surface area contributed by atoms with Crippen molar-refractivity contribution in [2.45, 2.75) is 64.1 Å². The van der Waals surface area contributed by atoms with Crippen LogP contribution in [0.1, 0.15) is 51.2 Å². The Kier molecular flexibility index (Phi) is 9.10. The molecule has 10 heteroatoms. The van der Waals surface area contributed by atoms with Crippen molar-refractivity contribution in [1.29, 1.82) is 5.26 Å². The van der Waals surface area contributed by atoms with Gasteiger partial charge in [-0.15, -0.1) is 0 Å². The van der Waals surface area contributed by atoms with Crippen molar-refractivity contribution in [1.82, 2.24) is 10.2 Å². The predicted octanol–water partition coefficient (Wildman–Crippen LogP) is 4.45. The van der Waals surface area contributed by atoms with Crippen LogP contribution in [0, 0.1) is 28.6 Å². The Morgan fingerprint density at radius 1 is 1.16 bits per heavy atom. The van der Waals surface area contributed by atoms with E-state index >= 15 is 0 Å². The minimum Gasteiger partial charge on any atom is -0.493 e. The molecule has 0 unspecified atom stereocenters. The van der Waals surface area contributed by atoms with Crippen LogP contribution in [0.15, 0.2) is 54.1 Å². The molecule has 3 aliphatic carbocycles. The molecule has 9 nitrogen and oxygen atoms in total. The molecule has 2 amide bonds. The average Bonchev–Trinajstić information content (AvgIpc) is 3.37. The van der Waals surface area contributed by atoms with Crippen molar-refractivity contribution in [3.05, 3.63) is 65.2 Å². The Bertz CT molecular complexity index is 1450. The maximum absolute atomic E-state index is 13.3. The minimum absolute atomic E-state index is 0.000717. The Morgan fingerprint density at radius 3 is 2.57 bits per heavy atom. The summed E-state index contributed by atoms with van der Waals surface area (Å²) in [6, 6.07) is 17.1. The zero-order valence-corrected chi connectivity index (χ0v) is 26.5. The molecule has 44 heavy (non-hydrogen) atoms. The van der Waals surface area contributed by atoms with Gasteiger partial charge in [-0.05, 0) is 72.8 Å². The number of rotatable bonds is 11. The molecule has 4 aliphatic rings. The van der Waals surface area contributed by atoms with Gasteiger partial charge in [0.1, 0.15) is 11.6 Å². The summed E-state index contributed by atoms with van der Waals surface area (Å²) < 4.78 is 24.7. The molecular weight excluding hydrogens is 557 g/mol. The number of nitrogens with zero attached hydrogens (tertiary/aromatic N) is 2. The summed E-state index contributed by atoms with van der Waals surface area (Å²) >= 11 is 0. The molecule has 0 radical (unpaired) electrons. The molecule has 2 aromatic rings. The highest BCUT2D eigenvalue weighted by molar-refractivity contribution is 6.48. The fraction of sp³-hybridized carbons (Fsp3) is 0.500. The second kappa shape index (κ2) is 12.7. The Balaban J connectivity index is 1.25. The number of methoxy groups -OCH3 is 1. The van der Waals surface area contributed by atoms with E-state index in [4.69, 9.17) is 18.8 Å². The van der Waals surface area contributed by atoms with Gasteiger partial charge in [-0.1, -0.05) is 50.2 Å². The molecular formula is C34H42BN3O6. The zero-order chi connectivity index (χ0) is 31.6. The van der Waals surface area contributed by atoms with Crippen molar-refractivity contribution < 1.29 is 28.4 Å². The number of carbonyl (C=O) groups is 2. The van der Waals surface area contributed by atoms with Crippen LogP contribution in [0.2, 0.25) is 0 Å². The third-order valence-corrected chi connectivity index (χ3v) is 9.78. The van der Waals surface area contributed by atoms with Crippen LogP contribution in [0.4, 0.5) is 0 Å². The second-order valence-corrected chi connectivity index (χ2v) is 13.1. The molecule has 1 N–H and O–H groups in total. The van der Waals surface area contributed by atoms with E-state index < -0.39 is 13.0 Å². The highest BCUT2D eigenvalue weighted by Gasteiger charge is 2.68. The predicted molar refractivity (Wildman–Crippen MR) is 168 cm³/mol. The van der Waals surface area contributed by atoms with E-state index in [1.54, 1.807) is 32.3 Å². The molecule has 1 heterocycles. The highest BCUT2D eigenvalue weighted by atomic mass is 16.7. The Labute approximate surface area is 260 Å². The molecule has 3 saturated carbocycles. The molecule has 0 spiro atoms. The lowest BCUT2D eigenvalue weighted by Gasteiger charge is -2.64. The van der Waals surface area contributed by atoms with Crippen molar-refractivity contribution in [3.63, 3.8) is 0 Å². The van der Waals surface area contributed by atoms with E-state index in [0.29, 0.717) is 35.3 Å². The van der Waals surface area contributed by atoms with Crippen LogP contribution in [0.5, 0.6) is 11.5 Å². The highest BCUT2D eigenvalue weighted by Crippen LogP contribution is 2.65. The molecule has 2 bridgehead atoms. The lowest BCUT2D eigenvalue weighted by atomic mass is 9.43. The number of hydrogen-bond donors (Lipinski definition) is 1. The summed E-state index contributed by atoms with van der Waals surface area (Å²) in [5.41, 5.74) is 1.55. The van der Waals surface area contributed by atoms with Gasteiger partial charge in [0.25, 0.3) is 5.91 Å². The molecule has 6 rings (SSSR count). The first kappa shape index (κ1) is 31.6. The molecule has 0 aromatic heterocycles. The first-order valence-electron chi connectivity index (χ1n) is 15.3. The van der Waals surface area contributed by atoms with Crippen LogP contribution in [-0.2, 0) is 25.3 Å². The number of amides is 2. The largest absolute Gasteiger partial charge is 0.493 e. The van der Waals surface area contributed by atoms with Gasteiger partial charge in [0, 0.05) is 14.1 Å². The SMILES string of the molecule is COc1ccc(C=C(C#N)C(=O)N(C)C)cc1OCCC(=O)N[C@@H](Cc1ccccc1)B1O[C@@H]2C[C@@H]3C[C@@H](C3(C)C)[C@]2(C)O1. The number of likely N-dealkylation sites (N-methyl/N-ethyl adjacent to an activating group) is 1. The van der Waals surface area contributed by atoms with Crippen LogP contribution >= 0.6 is 0 Å². The summed E-state index contributed by atoms with van der Waals surface area (Å²) in [5.74, 6) is 1.01. The molecule has 5 atom stereocenters. The number of carbonyl (C=O) groups excluding carboxylic acids is 2. The maximum Gasteiger partial charge on any atom is 0.482 e. The summed E-state index contributed by atoms with van der Waals surface area (Å²) in [5, 5.41) is 12.6. The Hall–Kier alpha value is -3.81. The van der Waals surface area contributed by atoms with Crippen LogP contribution in [0.25, 0.3) is 6.08 Å². The number of ether oxygens (including phenoxy) is 2. The normalized spacial score (nSPS) is 25.6. The van der Waals surface area contributed by atoms with Crippen molar-refractivity contribution in [3.8, 4) is 17.6 Å². The van der Waals surface area contributed by atoms with E-state index in [2.05, 4.69) is 26.1 Å². The van der Waals surface area contributed by atoms with Crippen molar-refractivity contribution >= 4 is 25.0 Å². The summed E-state index contributed by atoms with van der Waals surface area (Å²) in [4.78, 5) is 26.9. The number of hydrogen-bond acceptors (Lipinski definition) is 7. The lowest BCUT2D eigenvalue weighted by Crippen LogP contribution is -2.65. The third kappa shape index (κ3) is 6.22. The van der Waals surface area contributed by atoms with Gasteiger partial charge in [0.05, 0.1) is 37.8 Å². The standard InChI is InChI=1S/C34H42BN3O6/c1-33(2)25-19-28(33)34(3)29(20-25)43-35(44-34)30(18-22-10-8-7-9-11-22)37-31(39)14-15-42-27-17-23(12-13-26(27)41-6)16-24(21-36)32(40)38(4)5/h7-13,16-17,25,28-30H,14-15,18-20H2,1-6H3,(H,37,39)/t25-,28-,29+,30-,34-/m0/s1. The van der Waals surface area contributed by atoms with E-state index in [1.165, 1.54) is 18.1 Å². The van der Waals surface area contributed by atoms with Gasteiger partial charge in [0.15, 0.2) is 11.5 Å². The average molecular weight is 600 g/mol. The smallest absolute Gasteiger partial charge is 0.482 e. The molecule has 1 aliphatic heterocycles. The number of benzene rings is 2. The fourth-order valence-corrected chi connectivity index (χ4v) is 7.13. The van der Waals surface area contributed by atoms with E-state index in [1.807, 2.05) is 36.4 Å². The van der Waals surface area contributed by atoms with Crippen LogP contribution < -0.4 is 14.8 Å². The van der Waals surface area contributed by atoms with Crippen LogP contribution in [0.3, 0.4) is 0 Å². The van der Waals surface area contributed by atoms with E-state index in [-0.39, 0.29) is 47.6 Å². The first-order chi connectivity index (χ1) is 21.0. The monoisotopic (exact) mass is 599 g/mol. The van der Waals surface area contributed by atoms with E-state index in [0.717, 1.165) is 18.4 Å². The molecule has 4 fully saturated rings. The first-order valence-corrected chi connectivity index (χ1v) is 15.3. The van der Waals surface area contributed by atoms with Crippen molar-refractivity contribution in [2.75, 3.05) is 27.8 Å². The topological polar surface area (TPSA) is 110 Å². The van der Waals surface area contributed by atoms with Gasteiger partial charge in [-0.3, -0.25) is 9.59 Å².